The molecule has 0 aromatic carbocycles. The van der Waals surface area contributed by atoms with Gasteiger partial charge in [-0.05, 0) is 43.4 Å². The summed E-state index contributed by atoms with van der Waals surface area (Å²) in [5.74, 6) is 4.45. The van der Waals surface area contributed by atoms with Crippen LogP contribution >= 0.6 is 0 Å². The van der Waals surface area contributed by atoms with Crippen LogP contribution in [-0.2, 0) is 0 Å². The van der Waals surface area contributed by atoms with Gasteiger partial charge in [-0.25, -0.2) is 4.98 Å². The molecule has 90 valence electrons. The lowest BCUT2D eigenvalue weighted by Gasteiger charge is -2.22. The summed E-state index contributed by atoms with van der Waals surface area (Å²) in [6.07, 6.45) is 9.85. The number of nitrogens with zero attached hydrogens (tertiary/aromatic N) is 2. The molecule has 3 heteroatoms. The molecule has 0 unspecified atom stereocenters. The number of terminal acetylenes is 1. The number of hydrogen-bond donors (Lipinski definition) is 1. The van der Waals surface area contributed by atoms with Gasteiger partial charge >= 0.3 is 0 Å². The molecule has 1 aliphatic rings. The normalized spacial score (nSPS) is 16.3. The van der Waals surface area contributed by atoms with Gasteiger partial charge in [-0.2, -0.15) is 0 Å². The quantitative estimate of drug-likeness (QED) is 0.785. The van der Waals surface area contributed by atoms with Crippen LogP contribution in [0.2, 0.25) is 0 Å². The Kier molecular flexibility index (Phi) is 3.65. The van der Waals surface area contributed by atoms with Crippen LogP contribution in [0, 0.1) is 18.3 Å². The van der Waals surface area contributed by atoms with Crippen LogP contribution < -0.4 is 10.6 Å². The van der Waals surface area contributed by atoms with Gasteiger partial charge in [0.05, 0.1) is 6.54 Å². The van der Waals surface area contributed by atoms with E-state index in [1.807, 2.05) is 25.3 Å². The zero-order chi connectivity index (χ0) is 12.3. The molecule has 0 spiro atoms. The van der Waals surface area contributed by atoms with Crippen LogP contribution in [-0.4, -0.2) is 18.1 Å². The zero-order valence-corrected chi connectivity index (χ0v) is 10.3. The first-order valence-electron chi connectivity index (χ1n) is 6.10. The van der Waals surface area contributed by atoms with Crippen LogP contribution in [0.25, 0.3) is 0 Å². The maximum atomic E-state index is 5.88. The van der Waals surface area contributed by atoms with Crippen molar-refractivity contribution >= 4 is 5.82 Å². The fraction of sp³-hybridized carbons (Fsp3) is 0.500. The minimum absolute atomic E-state index is 0.0327. The van der Waals surface area contributed by atoms with E-state index in [1.165, 1.54) is 12.8 Å². The highest BCUT2D eigenvalue weighted by Gasteiger charge is 2.24. The molecule has 1 aromatic heterocycles. The van der Waals surface area contributed by atoms with Gasteiger partial charge in [-0.3, -0.25) is 0 Å². The van der Waals surface area contributed by atoms with Gasteiger partial charge < -0.3 is 10.6 Å². The second kappa shape index (κ2) is 5.20. The first kappa shape index (κ1) is 11.9. The predicted octanol–water partition coefficient (Wildman–Crippen LogP) is 1.95. The molecule has 3 nitrogen and oxygen atoms in total. The minimum atomic E-state index is 0.0327. The Labute approximate surface area is 103 Å². The molecule has 1 fully saturated rings. The van der Waals surface area contributed by atoms with E-state index in [2.05, 4.69) is 15.8 Å². The summed E-state index contributed by atoms with van der Waals surface area (Å²) in [6.45, 7) is 3.61. The van der Waals surface area contributed by atoms with E-state index in [9.17, 15) is 0 Å². The van der Waals surface area contributed by atoms with E-state index in [1.54, 1.807) is 0 Å². The molecule has 0 aliphatic heterocycles. The summed E-state index contributed by atoms with van der Waals surface area (Å²) in [5, 5.41) is 0. The van der Waals surface area contributed by atoms with Crippen molar-refractivity contribution in [1.29, 1.82) is 0 Å². The second-order valence-corrected chi connectivity index (χ2v) is 4.76. The molecule has 1 saturated carbocycles. The maximum absolute atomic E-state index is 5.88. The van der Waals surface area contributed by atoms with Crippen LogP contribution in [0.3, 0.4) is 0 Å². The van der Waals surface area contributed by atoms with E-state index in [0.29, 0.717) is 6.54 Å². The van der Waals surface area contributed by atoms with Crippen molar-refractivity contribution in [3.63, 3.8) is 0 Å². The molecule has 1 aliphatic carbocycles. The molecule has 2 rings (SSSR count). The number of hydrogen-bond acceptors (Lipinski definition) is 3. The third-order valence-electron chi connectivity index (χ3n) is 3.08. The van der Waals surface area contributed by atoms with Crippen molar-refractivity contribution < 1.29 is 0 Å². The van der Waals surface area contributed by atoms with E-state index >= 15 is 0 Å². The average molecular weight is 229 g/mol. The third kappa shape index (κ3) is 3.21. The summed E-state index contributed by atoms with van der Waals surface area (Å²) in [4.78, 5) is 6.57. The SMILES string of the molecule is C#CCN(CC1CC1)c1cc([C@H](C)N)ccn1. The highest BCUT2D eigenvalue weighted by Crippen LogP contribution is 2.31. The van der Waals surface area contributed by atoms with Crippen LogP contribution in [0.1, 0.15) is 31.4 Å². The van der Waals surface area contributed by atoms with Gasteiger partial charge in [0, 0.05) is 18.8 Å². The molecule has 1 aromatic rings. The topological polar surface area (TPSA) is 42.1 Å². The Bertz CT molecular complexity index is 416. The average Bonchev–Trinajstić information content (AvgIpc) is 3.12. The molecule has 17 heavy (non-hydrogen) atoms. The summed E-state index contributed by atoms with van der Waals surface area (Å²) in [5.41, 5.74) is 6.99. The Balaban J connectivity index is 2.15. The molecule has 0 amide bonds. The number of anilines is 1. The lowest BCUT2D eigenvalue weighted by molar-refractivity contribution is 0.750. The smallest absolute Gasteiger partial charge is 0.129 e. The zero-order valence-electron chi connectivity index (χ0n) is 10.3. The first-order chi connectivity index (χ1) is 8.20. The van der Waals surface area contributed by atoms with Crippen molar-refractivity contribution in [1.82, 2.24) is 4.98 Å². The lowest BCUT2D eigenvalue weighted by atomic mass is 10.1. The summed E-state index contributed by atoms with van der Waals surface area (Å²) in [7, 11) is 0. The van der Waals surface area contributed by atoms with Crippen molar-refractivity contribution in [3.8, 4) is 12.3 Å². The van der Waals surface area contributed by atoms with Crippen molar-refractivity contribution in [2.75, 3.05) is 18.0 Å². The first-order valence-corrected chi connectivity index (χ1v) is 6.10. The fourth-order valence-electron chi connectivity index (χ4n) is 1.85. The Morgan fingerprint density at radius 1 is 1.65 bits per heavy atom. The largest absolute Gasteiger partial charge is 0.345 e. The molecular formula is C14H19N3. The van der Waals surface area contributed by atoms with Crippen LogP contribution in [0.4, 0.5) is 5.82 Å². The lowest BCUT2D eigenvalue weighted by Crippen LogP contribution is -2.27. The van der Waals surface area contributed by atoms with Gasteiger partial charge in [-0.1, -0.05) is 5.92 Å². The van der Waals surface area contributed by atoms with E-state index in [4.69, 9.17) is 12.2 Å². The fourth-order valence-corrected chi connectivity index (χ4v) is 1.85. The number of aromatic nitrogens is 1. The predicted molar refractivity (Wildman–Crippen MR) is 70.6 cm³/mol. The van der Waals surface area contributed by atoms with E-state index < -0.39 is 0 Å². The molecule has 0 bridgehead atoms. The summed E-state index contributed by atoms with van der Waals surface area (Å²) < 4.78 is 0. The van der Waals surface area contributed by atoms with Gasteiger partial charge in [0.2, 0.25) is 0 Å². The summed E-state index contributed by atoms with van der Waals surface area (Å²) >= 11 is 0. The van der Waals surface area contributed by atoms with Crippen molar-refractivity contribution in [2.24, 2.45) is 11.7 Å². The van der Waals surface area contributed by atoms with Gasteiger partial charge in [0.15, 0.2) is 0 Å². The highest BCUT2D eigenvalue weighted by atomic mass is 15.2. The Hall–Kier alpha value is -1.53. The Morgan fingerprint density at radius 3 is 3.00 bits per heavy atom. The number of nitrogens with two attached hydrogens (primary N) is 1. The Morgan fingerprint density at radius 2 is 2.41 bits per heavy atom. The molecule has 2 N–H and O–H groups in total. The maximum Gasteiger partial charge on any atom is 0.129 e. The van der Waals surface area contributed by atoms with E-state index in [-0.39, 0.29) is 6.04 Å². The minimum Gasteiger partial charge on any atom is -0.345 e. The molecule has 1 atom stereocenters. The number of pyridine rings is 1. The van der Waals surface area contributed by atoms with Gasteiger partial charge in [0.25, 0.3) is 0 Å². The van der Waals surface area contributed by atoms with Crippen molar-refractivity contribution in [2.45, 2.75) is 25.8 Å². The number of rotatable bonds is 5. The standard InChI is InChI=1S/C14H19N3/c1-3-8-17(10-12-4-5-12)14-9-13(11(2)15)6-7-16-14/h1,6-7,9,11-12H,4-5,8,10,15H2,2H3/t11-/m0/s1. The molecule has 1 heterocycles. The van der Waals surface area contributed by atoms with Gasteiger partial charge in [-0.15, -0.1) is 6.42 Å². The molecule has 0 radical (unpaired) electrons. The third-order valence-corrected chi connectivity index (χ3v) is 3.08. The van der Waals surface area contributed by atoms with Crippen LogP contribution in [0.15, 0.2) is 18.3 Å². The molecule has 0 saturated heterocycles. The van der Waals surface area contributed by atoms with Crippen molar-refractivity contribution in [3.05, 3.63) is 23.9 Å². The summed E-state index contributed by atoms with van der Waals surface area (Å²) in [6, 6.07) is 4.04. The van der Waals surface area contributed by atoms with Gasteiger partial charge in [0.1, 0.15) is 5.82 Å². The highest BCUT2D eigenvalue weighted by molar-refractivity contribution is 5.43. The molecular weight excluding hydrogens is 210 g/mol. The second-order valence-electron chi connectivity index (χ2n) is 4.76. The van der Waals surface area contributed by atoms with E-state index in [0.717, 1.165) is 23.8 Å². The van der Waals surface area contributed by atoms with Crippen LogP contribution in [0.5, 0.6) is 0 Å². The monoisotopic (exact) mass is 229 g/mol.